The van der Waals surface area contributed by atoms with Crippen molar-refractivity contribution in [2.24, 2.45) is 0 Å². The molecule has 0 spiro atoms. The highest BCUT2D eigenvalue weighted by Gasteiger charge is 2.41. The van der Waals surface area contributed by atoms with Gasteiger partial charge in [-0.2, -0.15) is 0 Å². The second kappa shape index (κ2) is 15.0. The fraction of sp³-hybridized carbons (Fsp3) is 0.196. The van der Waals surface area contributed by atoms with Gasteiger partial charge in [-0.25, -0.2) is 4.68 Å². The molecule has 1 unspecified atom stereocenters. The minimum Gasteiger partial charge on any atom is -0.486 e. The summed E-state index contributed by atoms with van der Waals surface area (Å²) in [7, 11) is 0. The molecule has 6 nitrogen and oxygen atoms in total. The SMILES string of the molecule is C#C[C@@](C1=CC=CC(Oc2cccc(-n3cc(-c4c(C(C)C)cccc4C(C)C)nn3)c2)C1)(c1ccccn1)c1ccccc1Oc1ccccc1. The lowest BCUT2D eigenvalue weighted by Crippen LogP contribution is -2.33. The first kappa shape index (κ1) is 34.3. The van der Waals surface area contributed by atoms with Gasteiger partial charge in [0, 0.05) is 29.8 Å². The Labute approximate surface area is 306 Å². The van der Waals surface area contributed by atoms with Gasteiger partial charge in [0.25, 0.3) is 0 Å². The van der Waals surface area contributed by atoms with Crippen LogP contribution in [0, 0.1) is 12.3 Å². The van der Waals surface area contributed by atoms with Crippen LogP contribution in [0.5, 0.6) is 17.2 Å². The predicted molar refractivity (Wildman–Crippen MR) is 208 cm³/mol. The van der Waals surface area contributed by atoms with Gasteiger partial charge in [-0.15, -0.1) is 11.5 Å². The van der Waals surface area contributed by atoms with Crippen LogP contribution in [0.2, 0.25) is 0 Å². The molecular weight excluding hydrogens is 641 g/mol. The van der Waals surface area contributed by atoms with Crippen LogP contribution < -0.4 is 9.47 Å². The zero-order valence-corrected chi connectivity index (χ0v) is 30.0. The van der Waals surface area contributed by atoms with Crippen LogP contribution in [0.15, 0.2) is 151 Å². The maximum atomic E-state index is 6.67. The molecule has 2 atom stereocenters. The third-order valence-electron chi connectivity index (χ3n) is 9.55. The van der Waals surface area contributed by atoms with E-state index in [1.807, 2.05) is 114 Å². The summed E-state index contributed by atoms with van der Waals surface area (Å²) in [6, 6.07) is 38.0. The molecule has 2 aromatic heterocycles. The molecule has 0 N–H and O–H groups in total. The number of terminal acetylenes is 1. The summed E-state index contributed by atoms with van der Waals surface area (Å²) in [5.74, 6) is 6.00. The molecule has 0 aliphatic heterocycles. The van der Waals surface area contributed by atoms with E-state index in [-0.39, 0.29) is 6.10 Å². The van der Waals surface area contributed by atoms with E-state index in [0.717, 1.165) is 34.0 Å². The first-order valence-electron chi connectivity index (χ1n) is 17.8. The molecular formula is C46H42N4O2. The molecule has 6 aromatic rings. The number of para-hydroxylation sites is 2. The van der Waals surface area contributed by atoms with E-state index in [9.17, 15) is 0 Å². The monoisotopic (exact) mass is 682 g/mol. The van der Waals surface area contributed by atoms with Gasteiger partial charge in [-0.05, 0) is 77.1 Å². The summed E-state index contributed by atoms with van der Waals surface area (Å²) in [6.45, 7) is 8.87. The van der Waals surface area contributed by atoms with Crippen molar-refractivity contribution >= 4 is 0 Å². The minimum atomic E-state index is -1.01. The summed E-state index contributed by atoms with van der Waals surface area (Å²) in [5.41, 5.74) is 6.97. The van der Waals surface area contributed by atoms with Crippen molar-refractivity contribution in [3.05, 3.63) is 174 Å². The van der Waals surface area contributed by atoms with E-state index in [4.69, 9.17) is 20.9 Å². The number of hydrogen-bond acceptors (Lipinski definition) is 5. The molecule has 0 saturated heterocycles. The number of benzene rings is 4. The molecule has 0 radical (unpaired) electrons. The van der Waals surface area contributed by atoms with Gasteiger partial charge >= 0.3 is 0 Å². The molecule has 0 amide bonds. The molecule has 0 fully saturated rings. The second-order valence-electron chi connectivity index (χ2n) is 13.6. The van der Waals surface area contributed by atoms with Crippen molar-refractivity contribution in [2.75, 3.05) is 0 Å². The number of pyridine rings is 1. The smallest absolute Gasteiger partial charge is 0.132 e. The molecule has 7 rings (SSSR count). The maximum Gasteiger partial charge on any atom is 0.132 e. The van der Waals surface area contributed by atoms with Crippen LogP contribution in [-0.2, 0) is 5.41 Å². The Hall–Kier alpha value is -6.19. The van der Waals surface area contributed by atoms with Crippen LogP contribution in [0.1, 0.15) is 68.3 Å². The fourth-order valence-corrected chi connectivity index (χ4v) is 7.02. The van der Waals surface area contributed by atoms with E-state index in [1.54, 1.807) is 6.20 Å². The number of nitrogens with zero attached hydrogens (tertiary/aromatic N) is 4. The molecule has 4 aromatic carbocycles. The molecule has 1 aliphatic rings. The Morgan fingerprint density at radius 2 is 1.52 bits per heavy atom. The third-order valence-corrected chi connectivity index (χ3v) is 9.55. The molecule has 1 aliphatic carbocycles. The van der Waals surface area contributed by atoms with Gasteiger partial charge in [0.15, 0.2) is 0 Å². The van der Waals surface area contributed by atoms with Crippen molar-refractivity contribution in [1.29, 1.82) is 0 Å². The van der Waals surface area contributed by atoms with Gasteiger partial charge in [-0.1, -0.05) is 118 Å². The molecule has 2 heterocycles. The van der Waals surface area contributed by atoms with Crippen molar-refractivity contribution in [2.45, 2.75) is 57.5 Å². The van der Waals surface area contributed by atoms with Crippen LogP contribution in [-0.4, -0.2) is 26.1 Å². The molecule has 0 bridgehead atoms. The van der Waals surface area contributed by atoms with Crippen molar-refractivity contribution in [3.8, 4) is 46.5 Å². The van der Waals surface area contributed by atoms with Gasteiger partial charge in [-0.3, -0.25) is 4.98 Å². The number of allylic oxidation sites excluding steroid dienone is 2. The van der Waals surface area contributed by atoms with Crippen LogP contribution in [0.25, 0.3) is 16.9 Å². The van der Waals surface area contributed by atoms with E-state index in [1.165, 1.54) is 16.7 Å². The Kier molecular flexibility index (Phi) is 9.86. The Bertz CT molecular complexity index is 2240. The summed E-state index contributed by atoms with van der Waals surface area (Å²) < 4.78 is 14.9. The molecule has 258 valence electrons. The number of rotatable bonds is 11. The minimum absolute atomic E-state index is 0.285. The van der Waals surface area contributed by atoms with Gasteiger partial charge in [0.2, 0.25) is 0 Å². The summed E-state index contributed by atoms with van der Waals surface area (Å²) in [6.07, 6.45) is 16.8. The fourth-order valence-electron chi connectivity index (χ4n) is 7.02. The van der Waals surface area contributed by atoms with E-state index >= 15 is 0 Å². The first-order valence-corrected chi connectivity index (χ1v) is 17.8. The Morgan fingerprint density at radius 3 is 2.25 bits per heavy atom. The summed E-state index contributed by atoms with van der Waals surface area (Å²) >= 11 is 0. The molecule has 52 heavy (non-hydrogen) atoms. The van der Waals surface area contributed by atoms with Gasteiger partial charge in [0.05, 0.1) is 17.6 Å². The molecule has 0 saturated carbocycles. The number of aromatic nitrogens is 4. The largest absolute Gasteiger partial charge is 0.486 e. The number of hydrogen-bond donors (Lipinski definition) is 0. The van der Waals surface area contributed by atoms with E-state index in [2.05, 4.69) is 74.3 Å². The average Bonchev–Trinajstić information content (AvgIpc) is 3.67. The number of ether oxygens (including phenoxy) is 2. The van der Waals surface area contributed by atoms with Crippen LogP contribution >= 0.6 is 0 Å². The maximum absolute atomic E-state index is 6.67. The second-order valence-corrected chi connectivity index (χ2v) is 13.6. The van der Waals surface area contributed by atoms with E-state index in [0.29, 0.717) is 29.8 Å². The lowest BCUT2D eigenvalue weighted by atomic mass is 9.69. The first-order chi connectivity index (χ1) is 25.4. The summed E-state index contributed by atoms with van der Waals surface area (Å²) in [4.78, 5) is 4.81. The van der Waals surface area contributed by atoms with E-state index < -0.39 is 5.41 Å². The standard InChI is InChI=1S/C46H42N4O2/c1-6-46(44-27-12-13-28-47-44,41-25-10-11-26-43(41)52-36-19-8-7-9-20-36)34-17-14-21-37(29-34)51-38-22-15-18-35(30-38)50-31-42(48-49-50)45-39(32(2)3)23-16-24-40(45)33(4)5/h1,7-28,30-33,37H,29H2,2-5H3/t37?,46-/m0/s1. The van der Waals surface area contributed by atoms with Crippen molar-refractivity contribution in [3.63, 3.8) is 0 Å². The van der Waals surface area contributed by atoms with Crippen molar-refractivity contribution in [1.82, 2.24) is 20.0 Å². The summed E-state index contributed by atoms with van der Waals surface area (Å²) in [5, 5.41) is 9.21. The molecule has 6 heteroatoms. The lowest BCUT2D eigenvalue weighted by molar-refractivity contribution is 0.244. The Morgan fingerprint density at radius 1 is 0.808 bits per heavy atom. The van der Waals surface area contributed by atoms with Crippen molar-refractivity contribution < 1.29 is 9.47 Å². The van der Waals surface area contributed by atoms with Crippen LogP contribution in [0.4, 0.5) is 0 Å². The van der Waals surface area contributed by atoms with Gasteiger partial charge in [0.1, 0.15) is 34.5 Å². The normalized spacial score (nSPS) is 15.2. The quantitative estimate of drug-likeness (QED) is 0.127. The average molecular weight is 683 g/mol. The zero-order valence-electron chi connectivity index (χ0n) is 30.0. The highest BCUT2D eigenvalue weighted by atomic mass is 16.5. The highest BCUT2D eigenvalue weighted by molar-refractivity contribution is 5.69. The van der Waals surface area contributed by atoms with Crippen LogP contribution in [0.3, 0.4) is 0 Å². The third kappa shape index (κ3) is 6.78. The van der Waals surface area contributed by atoms with Gasteiger partial charge < -0.3 is 9.47 Å². The Balaban J connectivity index is 1.19. The topological polar surface area (TPSA) is 62.1 Å². The zero-order chi connectivity index (χ0) is 36.1. The predicted octanol–water partition coefficient (Wildman–Crippen LogP) is 10.6. The highest BCUT2D eigenvalue weighted by Crippen LogP contribution is 2.46. The lowest BCUT2D eigenvalue weighted by Gasteiger charge is -2.35.